The highest BCUT2D eigenvalue weighted by Gasteiger charge is 2.15. The normalized spacial score (nSPS) is 12.4. The molecule has 1 heterocycles. The van der Waals surface area contributed by atoms with Crippen LogP contribution >= 0.6 is 15.9 Å². The molecule has 3 heteroatoms. The molecule has 2 nitrogen and oxygen atoms in total. The second-order valence-electron chi connectivity index (χ2n) is 4.25. The van der Waals surface area contributed by atoms with E-state index in [0.717, 1.165) is 16.7 Å². The van der Waals surface area contributed by atoms with Gasteiger partial charge in [-0.3, -0.25) is 4.98 Å². The Morgan fingerprint density at radius 2 is 2.00 bits per heavy atom. The van der Waals surface area contributed by atoms with Crippen molar-refractivity contribution < 1.29 is 0 Å². The molecule has 0 saturated heterocycles. The van der Waals surface area contributed by atoms with Crippen LogP contribution in [0, 0.1) is 6.92 Å². The first-order chi connectivity index (χ1) is 8.72. The number of hydrogen-bond acceptors (Lipinski definition) is 2. The zero-order chi connectivity index (χ0) is 13.0. The highest BCUT2D eigenvalue weighted by Crippen LogP contribution is 2.28. The lowest BCUT2D eigenvalue weighted by atomic mass is 10.00. The zero-order valence-corrected chi connectivity index (χ0v) is 12.2. The number of aromatic nitrogens is 1. The molecular weight excluding hydrogens is 288 g/mol. The lowest BCUT2D eigenvalue weighted by molar-refractivity contribution is 0.626. The first-order valence-electron chi connectivity index (χ1n) is 6.12. The summed E-state index contributed by atoms with van der Waals surface area (Å²) in [4.78, 5) is 4.38. The molecule has 0 aliphatic carbocycles. The minimum Gasteiger partial charge on any atom is -0.306 e. The third kappa shape index (κ3) is 2.98. The van der Waals surface area contributed by atoms with Crippen LogP contribution in [-0.2, 0) is 0 Å². The van der Waals surface area contributed by atoms with Crippen molar-refractivity contribution in [1.29, 1.82) is 0 Å². The van der Waals surface area contributed by atoms with E-state index in [2.05, 4.69) is 63.5 Å². The minimum atomic E-state index is 0.179. The van der Waals surface area contributed by atoms with Gasteiger partial charge in [0.2, 0.25) is 0 Å². The Labute approximate surface area is 117 Å². The van der Waals surface area contributed by atoms with Crippen LogP contribution in [0.4, 0.5) is 0 Å². The van der Waals surface area contributed by atoms with E-state index in [1.807, 2.05) is 19.2 Å². The number of benzene rings is 1. The number of rotatable bonds is 4. The maximum absolute atomic E-state index is 4.38. The second kappa shape index (κ2) is 6.12. The zero-order valence-electron chi connectivity index (χ0n) is 10.7. The van der Waals surface area contributed by atoms with Crippen molar-refractivity contribution in [2.24, 2.45) is 0 Å². The smallest absolute Gasteiger partial charge is 0.0603 e. The van der Waals surface area contributed by atoms with E-state index in [9.17, 15) is 0 Å². The Morgan fingerprint density at radius 3 is 2.61 bits per heavy atom. The molecule has 0 bridgehead atoms. The van der Waals surface area contributed by atoms with Gasteiger partial charge in [-0.05, 0) is 36.7 Å². The number of nitrogens with zero attached hydrogens (tertiary/aromatic N) is 1. The van der Waals surface area contributed by atoms with E-state index in [1.165, 1.54) is 11.1 Å². The van der Waals surface area contributed by atoms with Gasteiger partial charge in [0.25, 0.3) is 0 Å². The molecule has 0 radical (unpaired) electrons. The summed E-state index contributed by atoms with van der Waals surface area (Å²) in [6.45, 7) is 5.04. The fraction of sp³-hybridized carbons (Fsp3) is 0.267. The van der Waals surface area contributed by atoms with Crippen molar-refractivity contribution in [3.05, 3.63) is 63.9 Å². The van der Waals surface area contributed by atoms with E-state index in [0.29, 0.717) is 0 Å². The van der Waals surface area contributed by atoms with Crippen LogP contribution < -0.4 is 5.32 Å². The first kappa shape index (κ1) is 13.2. The summed E-state index contributed by atoms with van der Waals surface area (Å²) in [7, 11) is 0. The molecule has 1 aromatic heterocycles. The molecule has 2 aromatic rings. The van der Waals surface area contributed by atoms with Gasteiger partial charge in [0.1, 0.15) is 0 Å². The van der Waals surface area contributed by atoms with Crippen LogP contribution in [0.5, 0.6) is 0 Å². The molecule has 0 saturated carbocycles. The van der Waals surface area contributed by atoms with Gasteiger partial charge >= 0.3 is 0 Å². The Bertz CT molecular complexity index is 508. The van der Waals surface area contributed by atoms with E-state index in [-0.39, 0.29) is 6.04 Å². The summed E-state index contributed by atoms with van der Waals surface area (Å²) >= 11 is 3.62. The van der Waals surface area contributed by atoms with Gasteiger partial charge in [-0.2, -0.15) is 0 Å². The molecule has 1 unspecified atom stereocenters. The van der Waals surface area contributed by atoms with E-state index in [4.69, 9.17) is 0 Å². The monoisotopic (exact) mass is 304 g/mol. The summed E-state index contributed by atoms with van der Waals surface area (Å²) in [6, 6.07) is 12.7. The fourth-order valence-electron chi connectivity index (χ4n) is 1.97. The Hall–Kier alpha value is -1.19. The summed E-state index contributed by atoms with van der Waals surface area (Å²) in [5.74, 6) is 0. The van der Waals surface area contributed by atoms with Crippen LogP contribution in [0.25, 0.3) is 0 Å². The quantitative estimate of drug-likeness (QED) is 0.928. The molecule has 1 atom stereocenters. The maximum atomic E-state index is 4.38. The predicted molar refractivity (Wildman–Crippen MR) is 78.6 cm³/mol. The summed E-state index contributed by atoms with van der Waals surface area (Å²) in [5.41, 5.74) is 3.47. The van der Waals surface area contributed by atoms with Gasteiger partial charge in [0.05, 0.1) is 6.04 Å². The van der Waals surface area contributed by atoms with Gasteiger partial charge in [-0.1, -0.05) is 47.1 Å². The van der Waals surface area contributed by atoms with Crippen LogP contribution in [0.15, 0.2) is 47.1 Å². The predicted octanol–water partition coefficient (Wildman–Crippen LogP) is 3.85. The highest BCUT2D eigenvalue weighted by atomic mass is 79.9. The van der Waals surface area contributed by atoms with Gasteiger partial charge in [0.15, 0.2) is 0 Å². The maximum Gasteiger partial charge on any atom is 0.0603 e. The van der Waals surface area contributed by atoms with E-state index >= 15 is 0 Å². The molecule has 0 amide bonds. The third-order valence-corrected chi connectivity index (χ3v) is 3.61. The lowest BCUT2D eigenvalue weighted by Gasteiger charge is -2.20. The third-order valence-electron chi connectivity index (χ3n) is 2.89. The molecule has 1 aromatic carbocycles. The van der Waals surface area contributed by atoms with Gasteiger partial charge in [-0.15, -0.1) is 0 Å². The van der Waals surface area contributed by atoms with Crippen molar-refractivity contribution in [2.75, 3.05) is 6.54 Å². The topological polar surface area (TPSA) is 24.9 Å². The van der Waals surface area contributed by atoms with E-state index < -0.39 is 0 Å². The average Bonchev–Trinajstić information content (AvgIpc) is 2.38. The van der Waals surface area contributed by atoms with Crippen LogP contribution in [0.1, 0.15) is 29.8 Å². The second-order valence-corrected chi connectivity index (χ2v) is 5.10. The number of aryl methyl sites for hydroxylation is 1. The number of pyridine rings is 1. The van der Waals surface area contributed by atoms with Crippen molar-refractivity contribution in [2.45, 2.75) is 19.9 Å². The van der Waals surface area contributed by atoms with Gasteiger partial charge in [0, 0.05) is 16.4 Å². The first-order valence-corrected chi connectivity index (χ1v) is 6.92. The average molecular weight is 305 g/mol. The van der Waals surface area contributed by atoms with Crippen molar-refractivity contribution in [3.63, 3.8) is 0 Å². The standard InChI is InChI=1S/C15H17BrN2/c1-3-17-15(12-9-8-11(2)18-10-12)13-6-4-5-7-14(13)16/h4-10,15,17H,3H2,1-2H3. The van der Waals surface area contributed by atoms with E-state index in [1.54, 1.807) is 0 Å². The molecule has 94 valence electrons. The van der Waals surface area contributed by atoms with Crippen molar-refractivity contribution >= 4 is 15.9 Å². The number of hydrogen-bond donors (Lipinski definition) is 1. The lowest BCUT2D eigenvalue weighted by Crippen LogP contribution is -2.22. The molecule has 0 aliphatic heterocycles. The Morgan fingerprint density at radius 1 is 1.22 bits per heavy atom. The molecule has 1 N–H and O–H groups in total. The van der Waals surface area contributed by atoms with Crippen molar-refractivity contribution in [3.8, 4) is 0 Å². The summed E-state index contributed by atoms with van der Waals surface area (Å²) in [6.07, 6.45) is 1.95. The molecule has 0 fully saturated rings. The molecular formula is C15H17BrN2. The number of nitrogens with one attached hydrogen (secondary N) is 1. The fourth-order valence-corrected chi connectivity index (χ4v) is 2.48. The highest BCUT2D eigenvalue weighted by molar-refractivity contribution is 9.10. The van der Waals surface area contributed by atoms with Gasteiger partial charge in [-0.25, -0.2) is 0 Å². The largest absolute Gasteiger partial charge is 0.306 e. The molecule has 0 spiro atoms. The minimum absolute atomic E-state index is 0.179. The summed E-state index contributed by atoms with van der Waals surface area (Å²) in [5, 5.41) is 3.51. The van der Waals surface area contributed by atoms with Crippen LogP contribution in [0.2, 0.25) is 0 Å². The van der Waals surface area contributed by atoms with Crippen molar-refractivity contribution in [1.82, 2.24) is 10.3 Å². The van der Waals surface area contributed by atoms with Crippen LogP contribution in [-0.4, -0.2) is 11.5 Å². The molecule has 18 heavy (non-hydrogen) atoms. The van der Waals surface area contributed by atoms with Crippen LogP contribution in [0.3, 0.4) is 0 Å². The molecule has 0 aliphatic rings. The Balaban J connectivity index is 2.40. The SMILES string of the molecule is CCNC(c1ccc(C)nc1)c1ccccc1Br. The van der Waals surface area contributed by atoms with Gasteiger partial charge < -0.3 is 5.32 Å². The number of halogens is 1. The summed E-state index contributed by atoms with van der Waals surface area (Å²) < 4.78 is 1.12. The molecule has 2 rings (SSSR count). The Kier molecular flexibility index (Phi) is 4.50.